The van der Waals surface area contributed by atoms with Crippen LogP contribution < -0.4 is 0 Å². The minimum absolute atomic E-state index is 0.132. The summed E-state index contributed by atoms with van der Waals surface area (Å²) in [5.41, 5.74) is 0. The molecular weight excluding hydrogens is 619 g/mol. The number of hydrogen-bond donors (Lipinski definition) is 2. The van der Waals surface area contributed by atoms with Crippen LogP contribution in [0.25, 0.3) is 0 Å². The van der Waals surface area contributed by atoms with E-state index in [0.717, 1.165) is 44.4 Å². The molecule has 0 saturated carbocycles. The minimum Gasteiger partial charge on any atom is -0.462 e. The number of phosphoric ester groups is 1. The molecule has 9 nitrogen and oxygen atoms in total. The average Bonchev–Trinajstić information content (AvgIpc) is 3.77. The maximum absolute atomic E-state index is 12.3. The van der Waals surface area contributed by atoms with E-state index in [-0.39, 0.29) is 19.4 Å². The van der Waals surface area contributed by atoms with Gasteiger partial charge in [-0.1, -0.05) is 128 Å². The summed E-state index contributed by atoms with van der Waals surface area (Å²) in [7, 11) is -4.76. The first-order valence-corrected chi connectivity index (χ1v) is 19.8. The predicted molar refractivity (Wildman–Crippen MR) is 188 cm³/mol. The molecule has 0 amide bonds. The Morgan fingerprint density at radius 3 is 2.02 bits per heavy atom. The normalized spacial score (nSPS) is 17.3. The Balaban J connectivity index is 2.15. The molecule has 2 unspecified atom stereocenters. The number of epoxide rings is 1. The van der Waals surface area contributed by atoms with Crippen molar-refractivity contribution in [3.63, 3.8) is 0 Å². The summed E-state index contributed by atoms with van der Waals surface area (Å²) in [6.07, 6.45) is 32.1. The van der Waals surface area contributed by atoms with Crippen LogP contribution in [0.1, 0.15) is 149 Å². The van der Waals surface area contributed by atoms with Gasteiger partial charge in [-0.05, 0) is 50.9 Å². The van der Waals surface area contributed by atoms with E-state index in [1.807, 2.05) is 6.08 Å². The Hall–Kier alpha value is -1.77. The summed E-state index contributed by atoms with van der Waals surface area (Å²) in [5, 5.41) is 0. The van der Waals surface area contributed by atoms with Gasteiger partial charge in [-0.15, -0.1) is 0 Å². The summed E-state index contributed by atoms with van der Waals surface area (Å²) in [4.78, 5) is 42.6. The van der Waals surface area contributed by atoms with Crippen LogP contribution >= 0.6 is 7.82 Å². The molecule has 10 heteroatoms. The van der Waals surface area contributed by atoms with Gasteiger partial charge in [-0.2, -0.15) is 0 Å². The van der Waals surface area contributed by atoms with Gasteiger partial charge in [0.1, 0.15) is 6.61 Å². The number of rotatable bonds is 31. The van der Waals surface area contributed by atoms with Gasteiger partial charge in [-0.25, -0.2) is 4.57 Å². The zero-order valence-corrected chi connectivity index (χ0v) is 30.4. The molecule has 0 aliphatic carbocycles. The molecule has 1 aliphatic rings. The second-order valence-electron chi connectivity index (χ2n) is 13.1. The fourth-order valence-corrected chi connectivity index (χ4v) is 5.53. The molecule has 1 saturated heterocycles. The van der Waals surface area contributed by atoms with Crippen molar-refractivity contribution in [1.82, 2.24) is 0 Å². The van der Waals surface area contributed by atoms with Gasteiger partial charge in [0.25, 0.3) is 0 Å². The molecule has 1 heterocycles. The largest absolute Gasteiger partial charge is 0.469 e. The Labute approximate surface area is 285 Å². The van der Waals surface area contributed by atoms with Crippen LogP contribution in [0.5, 0.6) is 0 Å². The van der Waals surface area contributed by atoms with Gasteiger partial charge in [-0.3, -0.25) is 14.1 Å². The number of esters is 2. The minimum atomic E-state index is -4.76. The second-order valence-corrected chi connectivity index (χ2v) is 14.3. The van der Waals surface area contributed by atoms with Crippen LogP contribution in [0.4, 0.5) is 0 Å². The number of unbranched alkanes of at least 4 members (excludes halogenated alkanes) is 10. The maximum atomic E-state index is 12.3. The van der Waals surface area contributed by atoms with Crippen LogP contribution in [0, 0.1) is 5.92 Å². The van der Waals surface area contributed by atoms with E-state index >= 15 is 0 Å². The average molecular weight is 685 g/mol. The van der Waals surface area contributed by atoms with Gasteiger partial charge < -0.3 is 24.0 Å². The topological polar surface area (TPSA) is 132 Å². The number of hydrogen-bond acceptors (Lipinski definition) is 7. The van der Waals surface area contributed by atoms with Crippen molar-refractivity contribution in [2.45, 2.75) is 167 Å². The zero-order valence-electron chi connectivity index (χ0n) is 29.5. The Bertz CT molecular complexity index is 940. The molecule has 272 valence electrons. The third-order valence-electron chi connectivity index (χ3n) is 8.01. The highest BCUT2D eigenvalue weighted by molar-refractivity contribution is 7.46. The molecule has 0 aromatic carbocycles. The molecule has 3 atom stereocenters. The molecule has 1 fully saturated rings. The second kappa shape index (κ2) is 28.1. The summed E-state index contributed by atoms with van der Waals surface area (Å²) in [5.74, 6) is -0.190. The fraction of sp³-hybridized carbons (Fsp3) is 0.784. The summed E-state index contributed by atoms with van der Waals surface area (Å²) in [6.45, 7) is 5.86. The number of ether oxygens (including phenoxy) is 3. The van der Waals surface area contributed by atoms with Crippen LogP contribution in [-0.2, 0) is 32.9 Å². The number of carbonyl (C=O) groups excluding carboxylic acids is 2. The van der Waals surface area contributed by atoms with Gasteiger partial charge in [0.05, 0.1) is 18.8 Å². The first-order valence-electron chi connectivity index (χ1n) is 18.3. The van der Waals surface area contributed by atoms with E-state index in [2.05, 4.69) is 55.7 Å². The predicted octanol–water partition coefficient (Wildman–Crippen LogP) is 9.46. The van der Waals surface area contributed by atoms with Crippen molar-refractivity contribution in [3.05, 3.63) is 36.5 Å². The monoisotopic (exact) mass is 684 g/mol. The van der Waals surface area contributed by atoms with Crippen molar-refractivity contribution >= 4 is 19.8 Å². The van der Waals surface area contributed by atoms with Crippen molar-refractivity contribution in [3.8, 4) is 0 Å². The third kappa shape index (κ3) is 28.9. The van der Waals surface area contributed by atoms with E-state index < -0.39 is 32.5 Å². The molecule has 0 aromatic rings. The summed E-state index contributed by atoms with van der Waals surface area (Å²) in [6, 6.07) is 0. The lowest BCUT2D eigenvalue weighted by Crippen LogP contribution is -2.29. The van der Waals surface area contributed by atoms with E-state index in [1.165, 1.54) is 57.8 Å². The molecule has 0 aromatic heterocycles. The van der Waals surface area contributed by atoms with Crippen molar-refractivity contribution in [2.24, 2.45) is 5.92 Å². The van der Waals surface area contributed by atoms with Crippen LogP contribution in [-0.4, -0.2) is 53.3 Å². The van der Waals surface area contributed by atoms with Crippen LogP contribution in [0.15, 0.2) is 36.5 Å². The molecule has 47 heavy (non-hydrogen) atoms. The third-order valence-corrected chi connectivity index (χ3v) is 8.50. The lowest BCUT2D eigenvalue weighted by atomic mass is 10.0. The maximum Gasteiger partial charge on any atom is 0.469 e. The molecule has 2 N–H and O–H groups in total. The van der Waals surface area contributed by atoms with Gasteiger partial charge >= 0.3 is 19.8 Å². The zero-order chi connectivity index (χ0) is 34.6. The van der Waals surface area contributed by atoms with E-state index in [9.17, 15) is 14.2 Å². The smallest absolute Gasteiger partial charge is 0.462 e. The number of allylic oxidation sites excluding steroid dienone is 5. The molecule has 0 bridgehead atoms. The Morgan fingerprint density at radius 1 is 0.745 bits per heavy atom. The van der Waals surface area contributed by atoms with Gasteiger partial charge in [0.2, 0.25) is 0 Å². The van der Waals surface area contributed by atoms with E-state index in [1.54, 1.807) is 0 Å². The SMILES string of the molecule is CCCCCC1OC1C/C=C\C/C=C\C/C=C\CCCC(=O)O[C@H](COC(=O)CCCCCCCCCCC(C)C)COP(=O)(O)O. The molecule has 0 spiro atoms. The molecule has 0 radical (unpaired) electrons. The summed E-state index contributed by atoms with van der Waals surface area (Å²) >= 11 is 0. The van der Waals surface area contributed by atoms with Crippen molar-refractivity contribution in [2.75, 3.05) is 13.2 Å². The van der Waals surface area contributed by atoms with Crippen molar-refractivity contribution < 1.29 is 42.7 Å². The van der Waals surface area contributed by atoms with Crippen LogP contribution in [0.3, 0.4) is 0 Å². The van der Waals surface area contributed by atoms with Crippen molar-refractivity contribution in [1.29, 1.82) is 0 Å². The number of carbonyl (C=O) groups is 2. The quantitative estimate of drug-likeness (QED) is 0.0241. The number of phosphoric acid groups is 1. The standard InChI is InChI=1S/C37H65O9P/c1-4-5-20-26-34-35(46-34)27-22-17-13-8-6-7-9-15-19-24-29-37(39)45-33(31-44-47(40,41)42)30-43-36(38)28-23-18-14-11-10-12-16-21-25-32(2)3/h6,8-9,15,17,22,32-35H,4-5,7,10-14,16,18-21,23-31H2,1-3H3,(H2,40,41,42)/b8-6-,15-9-,22-17-/t33-,34?,35?/m1/s1. The van der Waals surface area contributed by atoms with Gasteiger partial charge in [0, 0.05) is 12.8 Å². The Kier molecular flexibility index (Phi) is 25.9. The fourth-order valence-electron chi connectivity index (χ4n) is 5.17. The van der Waals surface area contributed by atoms with Gasteiger partial charge in [0.15, 0.2) is 6.10 Å². The Morgan fingerprint density at radius 2 is 1.36 bits per heavy atom. The first-order chi connectivity index (χ1) is 22.6. The molecule has 1 aliphatic heterocycles. The van der Waals surface area contributed by atoms with E-state index in [4.69, 9.17) is 24.0 Å². The first kappa shape index (κ1) is 43.3. The highest BCUT2D eigenvalue weighted by atomic mass is 31.2. The van der Waals surface area contributed by atoms with Crippen LogP contribution in [0.2, 0.25) is 0 Å². The van der Waals surface area contributed by atoms with E-state index in [0.29, 0.717) is 31.5 Å². The highest BCUT2D eigenvalue weighted by Gasteiger charge is 2.36. The lowest BCUT2D eigenvalue weighted by molar-refractivity contribution is -0.161. The summed E-state index contributed by atoms with van der Waals surface area (Å²) < 4.78 is 31.9. The molecular formula is C37H65O9P. The highest BCUT2D eigenvalue weighted by Crippen LogP contribution is 2.36. The molecule has 1 rings (SSSR count). The lowest BCUT2D eigenvalue weighted by Gasteiger charge is -2.18.